The van der Waals surface area contributed by atoms with E-state index < -0.39 is 35.2 Å². The number of hydrogen-bond acceptors (Lipinski definition) is 4. The van der Waals surface area contributed by atoms with Gasteiger partial charge in [0.15, 0.2) is 11.6 Å². The molecule has 198 valence electrons. The normalized spacial score (nSPS) is 15.1. The fourth-order valence-corrected chi connectivity index (χ4v) is 5.37. The highest BCUT2D eigenvalue weighted by Crippen LogP contribution is 2.30. The van der Waals surface area contributed by atoms with E-state index in [1.54, 1.807) is 13.1 Å². The fourth-order valence-electron chi connectivity index (χ4n) is 5.37. The minimum Gasteiger partial charge on any atom is -0.494 e. The molecule has 9 heteroatoms. The Morgan fingerprint density at radius 2 is 1.65 bits per heavy atom. The van der Waals surface area contributed by atoms with Gasteiger partial charge in [-0.05, 0) is 50.9 Å². The van der Waals surface area contributed by atoms with Crippen LogP contribution in [-0.2, 0) is 13.1 Å². The molecule has 0 saturated heterocycles. The number of nitrogens with zero attached hydrogens (tertiary/aromatic N) is 2. The van der Waals surface area contributed by atoms with Gasteiger partial charge in [-0.3, -0.25) is 13.9 Å². The minimum absolute atomic E-state index is 0.0444. The second-order valence-electron chi connectivity index (χ2n) is 9.56. The van der Waals surface area contributed by atoms with Crippen LogP contribution >= 0.6 is 0 Å². The van der Waals surface area contributed by atoms with E-state index in [1.807, 2.05) is 0 Å². The van der Waals surface area contributed by atoms with E-state index in [1.165, 1.54) is 32.2 Å². The first kappa shape index (κ1) is 26.7. The molecule has 6 nitrogen and oxygen atoms in total. The van der Waals surface area contributed by atoms with Crippen LogP contribution in [0.25, 0.3) is 11.1 Å². The van der Waals surface area contributed by atoms with Crippen LogP contribution in [-0.4, -0.2) is 29.3 Å². The summed E-state index contributed by atoms with van der Waals surface area (Å²) in [7, 11) is 3.10. The quantitative estimate of drug-likeness (QED) is 0.475. The Morgan fingerprint density at radius 1 is 1.00 bits per heavy atom. The van der Waals surface area contributed by atoms with Crippen molar-refractivity contribution in [3.8, 4) is 16.9 Å². The zero-order valence-corrected chi connectivity index (χ0v) is 21.3. The van der Waals surface area contributed by atoms with Crippen molar-refractivity contribution in [1.29, 1.82) is 0 Å². The summed E-state index contributed by atoms with van der Waals surface area (Å²) in [5.41, 5.74) is -1.65. The van der Waals surface area contributed by atoms with Crippen molar-refractivity contribution in [1.82, 2.24) is 14.5 Å². The van der Waals surface area contributed by atoms with E-state index in [4.69, 9.17) is 4.74 Å². The number of halogens is 3. The zero-order valence-electron chi connectivity index (χ0n) is 21.3. The lowest BCUT2D eigenvalue weighted by Crippen LogP contribution is -2.48. The van der Waals surface area contributed by atoms with Crippen LogP contribution in [0.2, 0.25) is 0 Å². The van der Waals surface area contributed by atoms with E-state index in [0.29, 0.717) is 0 Å². The lowest BCUT2D eigenvalue weighted by Gasteiger charge is -2.30. The van der Waals surface area contributed by atoms with Crippen molar-refractivity contribution in [2.24, 2.45) is 5.92 Å². The molecule has 0 radical (unpaired) electrons. The molecule has 37 heavy (non-hydrogen) atoms. The Morgan fingerprint density at radius 3 is 2.27 bits per heavy atom. The Balaban J connectivity index is 1.94. The van der Waals surface area contributed by atoms with Crippen LogP contribution in [0.15, 0.2) is 46.0 Å². The molecule has 1 heterocycles. The van der Waals surface area contributed by atoms with E-state index >= 15 is 4.39 Å². The summed E-state index contributed by atoms with van der Waals surface area (Å²) >= 11 is 0. The molecule has 3 aromatic rings. The van der Waals surface area contributed by atoms with Crippen LogP contribution in [0.3, 0.4) is 0 Å². The molecule has 1 aliphatic carbocycles. The van der Waals surface area contributed by atoms with Gasteiger partial charge in [0.2, 0.25) is 0 Å². The Labute approximate surface area is 213 Å². The molecule has 0 amide bonds. The average Bonchev–Trinajstić information content (AvgIpc) is 2.89. The molecule has 1 N–H and O–H groups in total. The molecule has 0 bridgehead atoms. The van der Waals surface area contributed by atoms with Crippen LogP contribution < -0.4 is 21.3 Å². The second-order valence-corrected chi connectivity index (χ2v) is 9.56. The lowest BCUT2D eigenvalue weighted by atomic mass is 9.84. The third-order valence-corrected chi connectivity index (χ3v) is 7.49. The number of rotatable bonds is 8. The molecule has 2 aromatic carbocycles. The Hall–Kier alpha value is -3.33. The standard InChI is InChI=1S/C28H32F3N3O3/c1-17-25(19-11-7-14-24(37-3)26(19)31)27(35)34(16-23(32-2)18-9-5-4-6-10-18)28(36)33(17)15-20-21(29)12-8-13-22(20)30/h7-8,11-14,18,23,32H,4-6,9-10,15-16H2,1-3H3/t23-/m0/s1. The largest absolute Gasteiger partial charge is 0.494 e. The van der Waals surface area contributed by atoms with Crippen LogP contribution in [0.5, 0.6) is 5.75 Å². The SMILES string of the molecule is CN[C@@H](Cn1c(=O)c(-c2cccc(OC)c2F)c(C)n(Cc2c(F)cccc2F)c1=O)C1CCCCC1. The molecule has 1 aromatic heterocycles. The highest BCUT2D eigenvalue weighted by atomic mass is 19.1. The van der Waals surface area contributed by atoms with Crippen LogP contribution in [0.4, 0.5) is 13.2 Å². The summed E-state index contributed by atoms with van der Waals surface area (Å²) in [6.45, 7) is 1.09. The molecule has 1 aliphatic rings. The highest BCUT2D eigenvalue weighted by molar-refractivity contribution is 5.67. The van der Waals surface area contributed by atoms with Gasteiger partial charge in [0.1, 0.15) is 11.6 Å². The van der Waals surface area contributed by atoms with Crippen molar-refractivity contribution >= 4 is 0 Å². The summed E-state index contributed by atoms with van der Waals surface area (Å²) < 4.78 is 51.8. The van der Waals surface area contributed by atoms with Gasteiger partial charge in [0, 0.05) is 29.4 Å². The van der Waals surface area contributed by atoms with E-state index in [2.05, 4.69) is 5.32 Å². The van der Waals surface area contributed by atoms with Gasteiger partial charge in [0.05, 0.1) is 19.2 Å². The van der Waals surface area contributed by atoms with Crippen LogP contribution in [0.1, 0.15) is 43.4 Å². The zero-order chi connectivity index (χ0) is 26.7. The molecule has 1 saturated carbocycles. The number of benzene rings is 2. The highest BCUT2D eigenvalue weighted by Gasteiger charge is 2.27. The van der Waals surface area contributed by atoms with Gasteiger partial charge >= 0.3 is 5.69 Å². The van der Waals surface area contributed by atoms with Gasteiger partial charge in [-0.1, -0.05) is 37.5 Å². The van der Waals surface area contributed by atoms with Crippen molar-refractivity contribution in [2.75, 3.05) is 14.2 Å². The number of methoxy groups -OCH3 is 1. The van der Waals surface area contributed by atoms with Crippen molar-refractivity contribution in [2.45, 2.75) is 58.2 Å². The van der Waals surface area contributed by atoms with Crippen LogP contribution in [0, 0.1) is 30.3 Å². The minimum atomic E-state index is -0.812. The fraction of sp³-hybridized carbons (Fsp3) is 0.429. The predicted octanol–water partition coefficient (Wildman–Crippen LogP) is 4.63. The number of likely N-dealkylation sites (N-methyl/N-ethyl adjacent to an activating group) is 1. The predicted molar refractivity (Wildman–Crippen MR) is 137 cm³/mol. The monoisotopic (exact) mass is 515 g/mol. The first-order chi connectivity index (χ1) is 17.8. The molecule has 1 fully saturated rings. The van der Waals surface area contributed by atoms with E-state index in [-0.39, 0.29) is 46.6 Å². The Bertz CT molecular complexity index is 1370. The smallest absolute Gasteiger partial charge is 0.331 e. The van der Waals surface area contributed by atoms with Gasteiger partial charge in [-0.2, -0.15) is 0 Å². The first-order valence-electron chi connectivity index (χ1n) is 12.6. The number of nitrogens with one attached hydrogen (secondary N) is 1. The van der Waals surface area contributed by atoms with Gasteiger partial charge in [-0.25, -0.2) is 18.0 Å². The maximum absolute atomic E-state index is 15.4. The summed E-state index contributed by atoms with van der Waals surface area (Å²) in [5, 5.41) is 3.24. The van der Waals surface area contributed by atoms with Crippen molar-refractivity contribution < 1.29 is 17.9 Å². The molecular formula is C28H32F3N3O3. The maximum Gasteiger partial charge on any atom is 0.331 e. The summed E-state index contributed by atoms with van der Waals surface area (Å²) in [6, 6.07) is 7.69. The van der Waals surface area contributed by atoms with E-state index in [9.17, 15) is 18.4 Å². The average molecular weight is 516 g/mol. The van der Waals surface area contributed by atoms with E-state index in [0.717, 1.165) is 53.4 Å². The number of ether oxygens (including phenoxy) is 1. The van der Waals surface area contributed by atoms with Crippen molar-refractivity contribution in [3.05, 3.63) is 85.9 Å². The number of aromatic nitrogens is 2. The Kier molecular flexibility index (Phi) is 8.22. The van der Waals surface area contributed by atoms with Crippen molar-refractivity contribution in [3.63, 3.8) is 0 Å². The molecule has 0 spiro atoms. The van der Waals surface area contributed by atoms with Gasteiger partial charge < -0.3 is 10.1 Å². The maximum atomic E-state index is 15.4. The third-order valence-electron chi connectivity index (χ3n) is 7.49. The third kappa shape index (κ3) is 5.23. The molecule has 0 unspecified atom stereocenters. The summed E-state index contributed by atoms with van der Waals surface area (Å²) in [5.74, 6) is -2.17. The lowest BCUT2D eigenvalue weighted by molar-refractivity contribution is 0.252. The molecule has 1 atom stereocenters. The van der Waals surface area contributed by atoms with Gasteiger partial charge in [-0.15, -0.1) is 0 Å². The molecule has 4 rings (SSSR count). The second kappa shape index (κ2) is 11.4. The first-order valence-corrected chi connectivity index (χ1v) is 12.6. The number of hydrogen-bond donors (Lipinski definition) is 1. The molecule has 0 aliphatic heterocycles. The summed E-state index contributed by atoms with van der Waals surface area (Å²) in [6.07, 6.45) is 5.24. The molecular weight excluding hydrogens is 483 g/mol. The van der Waals surface area contributed by atoms with Gasteiger partial charge in [0.25, 0.3) is 5.56 Å². The topological polar surface area (TPSA) is 65.3 Å². The summed E-state index contributed by atoms with van der Waals surface area (Å²) in [4.78, 5) is 27.5.